The van der Waals surface area contributed by atoms with Crippen LogP contribution in [0.15, 0.2) is 28.7 Å². The van der Waals surface area contributed by atoms with E-state index in [0.29, 0.717) is 65.0 Å². The van der Waals surface area contributed by atoms with Crippen molar-refractivity contribution in [1.82, 2.24) is 15.1 Å². The third-order valence-corrected chi connectivity index (χ3v) is 14.6. The first-order valence-corrected chi connectivity index (χ1v) is 20.2. The van der Waals surface area contributed by atoms with Crippen LogP contribution in [0.5, 0.6) is 34.5 Å². The summed E-state index contributed by atoms with van der Waals surface area (Å²) < 4.78 is 43.1. The smallest absolute Gasteiger partial charge is 0.335 e. The monoisotopic (exact) mass is 783 g/mol. The summed E-state index contributed by atoms with van der Waals surface area (Å²) >= 11 is 1.60. The third kappa shape index (κ3) is 4.72. The van der Waals surface area contributed by atoms with Crippen LogP contribution in [0.3, 0.4) is 0 Å². The number of carbonyl (C=O) groups excluding carboxylic acids is 2. The molecule has 1 spiro atoms. The van der Waals surface area contributed by atoms with Gasteiger partial charge in [-0.25, -0.2) is 4.79 Å². The molecule has 2 N–H and O–H groups in total. The summed E-state index contributed by atoms with van der Waals surface area (Å²) in [5.74, 6) is 2.69. The number of nitrogens with one attached hydrogen (secondary N) is 1. The Hall–Kier alpha value is -4.63. The maximum atomic E-state index is 14.9. The number of aromatic hydroxyl groups is 1. The van der Waals surface area contributed by atoms with Crippen molar-refractivity contribution in [1.29, 1.82) is 0 Å². The second-order valence-corrected chi connectivity index (χ2v) is 17.0. The van der Waals surface area contributed by atoms with Gasteiger partial charge in [0, 0.05) is 70.6 Å². The standard InChI is InChI=1S/C42H45N3O10S/c1-18-12-22-13-26-20(3)45-27-15-51-41(48)42(40-24(10-11-43-42)25-14-23(49-6)8-9-28(25)55-40)16-56-39(33(45)32(44(26)5)29(22)34(47)35(18)50-7)31-30(27)38-37(52-17-53-38)19(2)36(31)54-21(4)46/h8-9,12,14,20,26-27,32-33,39,43,47H,10-11,13,15-17H2,1-7H3/t20-,26+,27-,32?,33?,39+,42+/m0/s1. The number of benzene rings is 3. The van der Waals surface area contributed by atoms with Crippen molar-refractivity contribution in [3.8, 4) is 34.5 Å². The Labute approximate surface area is 328 Å². The number of rotatable bonds is 3. The summed E-state index contributed by atoms with van der Waals surface area (Å²) in [6.07, 6.45) is 1.36. The molecular weight excluding hydrogens is 739 g/mol. The summed E-state index contributed by atoms with van der Waals surface area (Å²) in [5.41, 5.74) is 5.33. The fourth-order valence-electron chi connectivity index (χ4n) is 10.8. The predicted molar refractivity (Wildman–Crippen MR) is 206 cm³/mol. The fraction of sp³-hybridized carbons (Fsp3) is 0.476. The number of methoxy groups -OCH3 is 2. The Kier molecular flexibility index (Phi) is 8.10. The van der Waals surface area contributed by atoms with Gasteiger partial charge in [0.25, 0.3) is 0 Å². The highest BCUT2D eigenvalue weighted by Crippen LogP contribution is 2.64. The summed E-state index contributed by atoms with van der Waals surface area (Å²) in [7, 11) is 5.35. The van der Waals surface area contributed by atoms with Crippen molar-refractivity contribution in [2.24, 2.45) is 0 Å². The maximum Gasteiger partial charge on any atom is 0.335 e. The molecule has 2 saturated heterocycles. The molecule has 2 unspecified atom stereocenters. The summed E-state index contributed by atoms with van der Waals surface area (Å²) in [6, 6.07) is 6.72. The number of carbonyl (C=O) groups is 2. The molecule has 7 aliphatic heterocycles. The Morgan fingerprint density at radius 2 is 1.86 bits per heavy atom. The largest absolute Gasteiger partial charge is 0.504 e. The average Bonchev–Trinajstić information content (AvgIpc) is 3.82. The van der Waals surface area contributed by atoms with E-state index < -0.39 is 28.8 Å². The van der Waals surface area contributed by atoms with E-state index in [1.165, 1.54) is 6.92 Å². The highest BCUT2D eigenvalue weighted by atomic mass is 32.2. The molecule has 11 rings (SSSR count). The van der Waals surface area contributed by atoms with Gasteiger partial charge < -0.3 is 37.9 Å². The van der Waals surface area contributed by atoms with Gasteiger partial charge >= 0.3 is 11.9 Å². The number of nitrogens with zero attached hydrogens (tertiary/aromatic N) is 2. The average molecular weight is 784 g/mol. The number of fused-ring (bicyclic) bond motifs is 11. The Balaban J connectivity index is 1.23. The number of furan rings is 1. The van der Waals surface area contributed by atoms with E-state index in [1.54, 1.807) is 26.0 Å². The molecule has 0 aliphatic carbocycles. The number of likely N-dealkylation sites (N-methyl/N-ethyl adjacent to an activating group) is 1. The maximum absolute atomic E-state index is 14.9. The van der Waals surface area contributed by atoms with E-state index in [-0.39, 0.29) is 49.1 Å². The quantitative estimate of drug-likeness (QED) is 0.199. The van der Waals surface area contributed by atoms with Crippen molar-refractivity contribution in [3.05, 3.63) is 69.0 Å². The number of hydrogen-bond acceptors (Lipinski definition) is 14. The summed E-state index contributed by atoms with van der Waals surface area (Å²) in [4.78, 5) is 32.7. The molecule has 2 fully saturated rings. The molecule has 8 heterocycles. The van der Waals surface area contributed by atoms with Gasteiger partial charge in [-0.2, -0.15) is 0 Å². The van der Waals surface area contributed by atoms with Crippen LogP contribution < -0.4 is 29.0 Å². The second-order valence-electron chi connectivity index (χ2n) is 15.8. The lowest BCUT2D eigenvalue weighted by Crippen LogP contribution is -2.69. The van der Waals surface area contributed by atoms with Crippen molar-refractivity contribution in [3.63, 3.8) is 0 Å². The minimum absolute atomic E-state index is 0.0104. The van der Waals surface area contributed by atoms with Crippen LogP contribution in [-0.2, 0) is 32.7 Å². The highest BCUT2D eigenvalue weighted by molar-refractivity contribution is 7.99. The number of esters is 2. The van der Waals surface area contributed by atoms with Crippen LogP contribution >= 0.6 is 11.8 Å². The number of thioether (sulfide) groups is 1. The van der Waals surface area contributed by atoms with E-state index in [0.717, 1.165) is 38.8 Å². The first-order valence-electron chi connectivity index (χ1n) is 19.2. The normalized spacial score (nSPS) is 28.9. The van der Waals surface area contributed by atoms with Gasteiger partial charge in [0.1, 0.15) is 29.4 Å². The molecule has 4 aromatic rings. The zero-order valence-corrected chi connectivity index (χ0v) is 33.3. The van der Waals surface area contributed by atoms with E-state index >= 15 is 0 Å². The van der Waals surface area contributed by atoms with Gasteiger partial charge in [-0.1, -0.05) is 6.07 Å². The van der Waals surface area contributed by atoms with Crippen LogP contribution in [0.4, 0.5) is 0 Å². The Bertz CT molecular complexity index is 2360. The van der Waals surface area contributed by atoms with E-state index in [1.807, 2.05) is 32.0 Å². The molecule has 3 aromatic carbocycles. The molecule has 0 radical (unpaired) electrons. The summed E-state index contributed by atoms with van der Waals surface area (Å²) in [5, 5.41) is 16.2. The summed E-state index contributed by atoms with van der Waals surface area (Å²) in [6.45, 7) is 8.00. The van der Waals surface area contributed by atoms with E-state index in [4.69, 9.17) is 32.8 Å². The van der Waals surface area contributed by atoms with E-state index in [2.05, 4.69) is 35.2 Å². The van der Waals surface area contributed by atoms with Gasteiger partial charge in [0.05, 0.1) is 31.6 Å². The van der Waals surface area contributed by atoms with Crippen LogP contribution in [0.25, 0.3) is 11.0 Å². The first kappa shape index (κ1) is 35.8. The third-order valence-electron chi connectivity index (χ3n) is 13.1. The van der Waals surface area contributed by atoms with Crippen LogP contribution in [0, 0.1) is 13.8 Å². The topological polar surface area (TPSA) is 141 Å². The molecule has 0 amide bonds. The van der Waals surface area contributed by atoms with Gasteiger partial charge in [0.15, 0.2) is 28.5 Å². The number of piperazine rings is 1. The molecule has 13 nitrogen and oxygen atoms in total. The highest BCUT2D eigenvalue weighted by Gasteiger charge is 2.61. The molecule has 294 valence electrons. The second kappa shape index (κ2) is 12.7. The van der Waals surface area contributed by atoms with Gasteiger partial charge in [-0.15, -0.1) is 11.8 Å². The van der Waals surface area contributed by atoms with Crippen molar-refractivity contribution < 1.29 is 47.5 Å². The lowest BCUT2D eigenvalue weighted by molar-refractivity contribution is -0.159. The number of phenolic OH excluding ortho intramolecular Hbond substituents is 1. The lowest BCUT2D eigenvalue weighted by Gasteiger charge is -2.63. The van der Waals surface area contributed by atoms with Gasteiger partial charge in [0.2, 0.25) is 6.79 Å². The minimum Gasteiger partial charge on any atom is -0.504 e. The number of ether oxygens (including phenoxy) is 6. The molecule has 0 saturated carbocycles. The molecule has 7 atom stereocenters. The first-order chi connectivity index (χ1) is 27.0. The lowest BCUT2D eigenvalue weighted by atomic mass is 9.71. The molecular formula is C42H45N3O10S. The number of phenols is 1. The van der Waals surface area contributed by atoms with Crippen LogP contribution in [0.2, 0.25) is 0 Å². The van der Waals surface area contributed by atoms with Crippen LogP contribution in [-0.4, -0.2) is 91.9 Å². The molecule has 7 aliphatic rings. The van der Waals surface area contributed by atoms with Gasteiger partial charge in [-0.3, -0.25) is 19.9 Å². The molecule has 56 heavy (non-hydrogen) atoms. The Morgan fingerprint density at radius 3 is 2.62 bits per heavy atom. The molecule has 14 heteroatoms. The van der Waals surface area contributed by atoms with Gasteiger partial charge in [-0.05, 0) is 70.0 Å². The zero-order valence-electron chi connectivity index (χ0n) is 32.4. The van der Waals surface area contributed by atoms with Crippen molar-refractivity contribution in [2.75, 3.05) is 47.0 Å². The predicted octanol–water partition coefficient (Wildman–Crippen LogP) is 5.52. The Morgan fingerprint density at radius 1 is 1.05 bits per heavy atom. The SMILES string of the molecule is COc1ccc2oc3c(c2c1)CCN[C@]31CS[C@@H]2c3c(OC(C)=O)c(C)c4c(c3[C@H](COC1=O)N1C2C2c3c(cc(C)c(OC)c3O)C[C@H]([C@@H]1C)N2C)OCO4. The van der Waals surface area contributed by atoms with E-state index in [9.17, 15) is 14.7 Å². The number of aryl methyl sites for hydroxylation is 1. The van der Waals surface area contributed by atoms with Crippen molar-refractivity contribution >= 4 is 34.7 Å². The zero-order chi connectivity index (χ0) is 38.9. The molecule has 1 aromatic heterocycles. The molecule has 4 bridgehead atoms. The number of hydrogen-bond donors (Lipinski definition) is 2. The fourth-order valence-corrected chi connectivity index (χ4v) is 12.5. The minimum atomic E-state index is -1.33. The van der Waals surface area contributed by atoms with Crippen molar-refractivity contribution in [2.45, 2.75) is 81.5 Å². The van der Waals surface area contributed by atoms with Crippen LogP contribution in [0.1, 0.15) is 75.9 Å².